The van der Waals surface area contributed by atoms with Gasteiger partial charge in [0.25, 0.3) is 5.91 Å². The standard InChI is InChI=1S/C15H15ClN4O/c16-12-4-2-1-3-10(12)7-19-15(21)13-8-18-14(9-17-13)20-11-5-6-11/h1-4,8-9,11H,5-7H2,(H,18,20)(H,19,21). The van der Waals surface area contributed by atoms with E-state index in [2.05, 4.69) is 20.6 Å². The maximum absolute atomic E-state index is 12.0. The molecule has 21 heavy (non-hydrogen) atoms. The lowest BCUT2D eigenvalue weighted by molar-refractivity contribution is 0.0945. The molecule has 2 aromatic rings. The minimum absolute atomic E-state index is 0.264. The molecule has 0 atom stereocenters. The highest BCUT2D eigenvalue weighted by Gasteiger charge is 2.21. The van der Waals surface area contributed by atoms with Gasteiger partial charge in [0, 0.05) is 17.6 Å². The fraction of sp³-hybridized carbons (Fsp3) is 0.267. The lowest BCUT2D eigenvalue weighted by Crippen LogP contribution is -2.24. The molecule has 0 bridgehead atoms. The number of hydrogen-bond donors (Lipinski definition) is 2. The van der Waals surface area contributed by atoms with Gasteiger partial charge >= 0.3 is 0 Å². The predicted molar refractivity (Wildman–Crippen MR) is 81.3 cm³/mol. The second-order valence-electron chi connectivity index (χ2n) is 4.98. The molecule has 1 aromatic carbocycles. The summed E-state index contributed by atoms with van der Waals surface area (Å²) in [7, 11) is 0. The average molecular weight is 303 g/mol. The molecule has 6 heteroatoms. The van der Waals surface area contributed by atoms with Crippen LogP contribution < -0.4 is 10.6 Å². The van der Waals surface area contributed by atoms with Crippen molar-refractivity contribution >= 4 is 23.3 Å². The van der Waals surface area contributed by atoms with Crippen LogP contribution in [0, 0.1) is 0 Å². The van der Waals surface area contributed by atoms with Crippen LogP contribution >= 0.6 is 11.6 Å². The number of anilines is 1. The Morgan fingerprint density at radius 2 is 2.05 bits per heavy atom. The van der Waals surface area contributed by atoms with Crippen LogP contribution in [-0.2, 0) is 6.54 Å². The molecule has 0 saturated heterocycles. The molecule has 1 amide bonds. The quantitative estimate of drug-likeness (QED) is 0.891. The van der Waals surface area contributed by atoms with E-state index in [0.29, 0.717) is 29.1 Å². The fourth-order valence-corrected chi connectivity index (χ4v) is 2.07. The van der Waals surface area contributed by atoms with Gasteiger partial charge in [-0.3, -0.25) is 4.79 Å². The smallest absolute Gasteiger partial charge is 0.271 e. The van der Waals surface area contributed by atoms with E-state index < -0.39 is 0 Å². The second kappa shape index (κ2) is 6.10. The van der Waals surface area contributed by atoms with Crippen LogP contribution in [0.15, 0.2) is 36.7 Å². The van der Waals surface area contributed by atoms with E-state index in [-0.39, 0.29) is 5.91 Å². The van der Waals surface area contributed by atoms with E-state index in [1.807, 2.05) is 18.2 Å². The minimum atomic E-state index is -0.264. The number of carbonyl (C=O) groups is 1. The molecule has 0 unspecified atom stereocenters. The van der Waals surface area contributed by atoms with Crippen molar-refractivity contribution in [3.05, 3.63) is 52.9 Å². The van der Waals surface area contributed by atoms with E-state index in [1.165, 1.54) is 19.0 Å². The summed E-state index contributed by atoms with van der Waals surface area (Å²) < 4.78 is 0. The third-order valence-corrected chi connectivity index (χ3v) is 3.58. The highest BCUT2D eigenvalue weighted by Crippen LogP contribution is 2.23. The highest BCUT2D eigenvalue weighted by atomic mass is 35.5. The first-order valence-corrected chi connectivity index (χ1v) is 7.20. The predicted octanol–water partition coefficient (Wildman–Crippen LogP) is 2.63. The molecule has 1 saturated carbocycles. The molecule has 0 aliphatic heterocycles. The fourth-order valence-electron chi connectivity index (χ4n) is 1.86. The Morgan fingerprint density at radius 3 is 2.71 bits per heavy atom. The largest absolute Gasteiger partial charge is 0.366 e. The molecule has 1 fully saturated rings. The summed E-state index contributed by atoms with van der Waals surface area (Å²) in [6, 6.07) is 7.91. The van der Waals surface area contributed by atoms with Crippen molar-refractivity contribution in [2.75, 3.05) is 5.32 Å². The first-order chi connectivity index (χ1) is 10.2. The van der Waals surface area contributed by atoms with Gasteiger partial charge in [0.05, 0.1) is 12.4 Å². The maximum atomic E-state index is 12.0. The molecule has 2 N–H and O–H groups in total. The van der Waals surface area contributed by atoms with E-state index in [4.69, 9.17) is 11.6 Å². The monoisotopic (exact) mass is 302 g/mol. The van der Waals surface area contributed by atoms with E-state index in [9.17, 15) is 4.79 Å². The highest BCUT2D eigenvalue weighted by molar-refractivity contribution is 6.31. The van der Waals surface area contributed by atoms with Crippen molar-refractivity contribution in [1.82, 2.24) is 15.3 Å². The Morgan fingerprint density at radius 1 is 1.24 bits per heavy atom. The zero-order valence-electron chi connectivity index (χ0n) is 11.3. The van der Waals surface area contributed by atoms with Gasteiger partial charge in [-0.2, -0.15) is 0 Å². The molecule has 1 heterocycles. The van der Waals surface area contributed by atoms with Gasteiger partial charge in [0.15, 0.2) is 0 Å². The average Bonchev–Trinajstić information content (AvgIpc) is 3.31. The van der Waals surface area contributed by atoms with Gasteiger partial charge in [0.1, 0.15) is 11.5 Å². The number of halogens is 1. The molecule has 1 aliphatic carbocycles. The summed E-state index contributed by atoms with van der Waals surface area (Å²) in [4.78, 5) is 20.3. The third kappa shape index (κ3) is 3.70. The lowest BCUT2D eigenvalue weighted by Gasteiger charge is -2.07. The van der Waals surface area contributed by atoms with Crippen molar-refractivity contribution in [1.29, 1.82) is 0 Å². The molecular weight excluding hydrogens is 288 g/mol. The molecule has 0 radical (unpaired) electrons. The molecule has 1 aromatic heterocycles. The van der Waals surface area contributed by atoms with Gasteiger partial charge in [-0.15, -0.1) is 0 Å². The van der Waals surface area contributed by atoms with Crippen LogP contribution in [0.5, 0.6) is 0 Å². The van der Waals surface area contributed by atoms with E-state index in [1.54, 1.807) is 12.3 Å². The second-order valence-corrected chi connectivity index (χ2v) is 5.39. The Labute approximate surface area is 127 Å². The number of benzene rings is 1. The maximum Gasteiger partial charge on any atom is 0.271 e. The topological polar surface area (TPSA) is 66.9 Å². The van der Waals surface area contributed by atoms with Gasteiger partial charge in [-0.25, -0.2) is 9.97 Å². The van der Waals surface area contributed by atoms with Gasteiger partial charge in [-0.05, 0) is 24.5 Å². The number of aromatic nitrogens is 2. The number of amides is 1. The summed E-state index contributed by atoms with van der Waals surface area (Å²) in [5.41, 5.74) is 1.16. The van der Waals surface area contributed by atoms with Crippen LogP contribution in [0.3, 0.4) is 0 Å². The molecule has 0 spiro atoms. The summed E-state index contributed by atoms with van der Waals surface area (Å²) >= 11 is 6.04. The Kier molecular flexibility index (Phi) is 4.01. The van der Waals surface area contributed by atoms with Gasteiger partial charge in [-0.1, -0.05) is 29.8 Å². The van der Waals surface area contributed by atoms with Gasteiger partial charge in [0.2, 0.25) is 0 Å². The van der Waals surface area contributed by atoms with Crippen LogP contribution in [0.1, 0.15) is 28.9 Å². The number of nitrogens with one attached hydrogen (secondary N) is 2. The van der Waals surface area contributed by atoms with Crippen molar-refractivity contribution in [2.45, 2.75) is 25.4 Å². The van der Waals surface area contributed by atoms with Crippen molar-refractivity contribution in [2.24, 2.45) is 0 Å². The third-order valence-electron chi connectivity index (χ3n) is 3.21. The first kappa shape index (κ1) is 13.8. The van der Waals surface area contributed by atoms with Crippen LogP contribution in [0.2, 0.25) is 5.02 Å². The normalized spacial score (nSPS) is 13.8. The SMILES string of the molecule is O=C(NCc1ccccc1Cl)c1cnc(NC2CC2)cn1. The van der Waals surface area contributed by atoms with E-state index in [0.717, 1.165) is 5.56 Å². The van der Waals surface area contributed by atoms with Crippen molar-refractivity contribution in [3.63, 3.8) is 0 Å². The Balaban J connectivity index is 1.58. The summed E-state index contributed by atoms with van der Waals surface area (Å²) in [6.07, 6.45) is 5.40. The molecular formula is C15H15ClN4O. The van der Waals surface area contributed by atoms with Crippen LogP contribution in [-0.4, -0.2) is 21.9 Å². The summed E-state index contributed by atoms with van der Waals surface area (Å²) in [5, 5.41) is 6.64. The van der Waals surface area contributed by atoms with Crippen molar-refractivity contribution < 1.29 is 4.79 Å². The van der Waals surface area contributed by atoms with Crippen LogP contribution in [0.25, 0.3) is 0 Å². The Bertz CT molecular complexity index is 640. The zero-order valence-corrected chi connectivity index (χ0v) is 12.1. The summed E-state index contributed by atoms with van der Waals surface area (Å²) in [6.45, 7) is 0.363. The number of nitrogens with zero attached hydrogens (tertiary/aromatic N) is 2. The first-order valence-electron chi connectivity index (χ1n) is 6.82. The molecule has 1 aliphatic rings. The lowest BCUT2D eigenvalue weighted by atomic mass is 10.2. The molecule has 5 nitrogen and oxygen atoms in total. The van der Waals surface area contributed by atoms with Crippen LogP contribution in [0.4, 0.5) is 5.82 Å². The number of carbonyl (C=O) groups excluding carboxylic acids is 1. The van der Waals surface area contributed by atoms with Crippen molar-refractivity contribution in [3.8, 4) is 0 Å². The van der Waals surface area contributed by atoms with E-state index >= 15 is 0 Å². The van der Waals surface area contributed by atoms with Gasteiger partial charge < -0.3 is 10.6 Å². The molecule has 3 rings (SSSR count). The minimum Gasteiger partial charge on any atom is -0.366 e. The Hall–Kier alpha value is -2.14. The molecule has 108 valence electrons. The number of rotatable bonds is 5. The summed E-state index contributed by atoms with van der Waals surface area (Å²) in [5.74, 6) is 0.445. The number of hydrogen-bond acceptors (Lipinski definition) is 4. The zero-order chi connectivity index (χ0) is 14.7.